The zero-order valence-electron chi connectivity index (χ0n) is 9.68. The van der Waals surface area contributed by atoms with Gasteiger partial charge in [-0.1, -0.05) is 25.4 Å². The normalized spacial score (nSPS) is 24.5. The van der Waals surface area contributed by atoms with Crippen LogP contribution >= 0.6 is 11.6 Å². The van der Waals surface area contributed by atoms with Crippen molar-refractivity contribution in [2.75, 3.05) is 0 Å². The summed E-state index contributed by atoms with van der Waals surface area (Å²) < 4.78 is 0. The predicted molar refractivity (Wildman–Crippen MR) is 63.1 cm³/mol. The molecule has 0 bridgehead atoms. The smallest absolute Gasteiger partial charge is 0.233 e. The Morgan fingerprint density at radius 1 is 1.29 bits per heavy atom. The van der Waals surface area contributed by atoms with Crippen molar-refractivity contribution in [2.24, 2.45) is 11.8 Å². The van der Waals surface area contributed by atoms with Gasteiger partial charge in [-0.05, 0) is 12.1 Å². The lowest BCUT2D eigenvalue weighted by Crippen LogP contribution is -2.30. The third-order valence-corrected chi connectivity index (χ3v) is 3.39. The van der Waals surface area contributed by atoms with Gasteiger partial charge < -0.3 is 0 Å². The molecule has 2 unspecified atom stereocenters. The third-order valence-electron chi connectivity index (χ3n) is 3.16. The van der Waals surface area contributed by atoms with Crippen LogP contribution in [0.1, 0.15) is 19.5 Å². The molecule has 2 heterocycles. The molecule has 1 aliphatic rings. The van der Waals surface area contributed by atoms with Crippen molar-refractivity contribution in [3.63, 3.8) is 0 Å². The number of rotatable bonds is 2. The number of hydrogen-bond acceptors (Lipinski definition) is 3. The number of carbonyl (C=O) groups excluding carboxylic acids is 2. The minimum Gasteiger partial charge on any atom is -0.276 e. The van der Waals surface area contributed by atoms with Gasteiger partial charge in [-0.3, -0.25) is 19.5 Å². The number of aromatic nitrogens is 1. The summed E-state index contributed by atoms with van der Waals surface area (Å²) in [6.07, 6.45) is 1.57. The molecule has 2 amide bonds. The van der Waals surface area contributed by atoms with Crippen molar-refractivity contribution in [1.82, 2.24) is 9.88 Å². The third kappa shape index (κ3) is 2.17. The van der Waals surface area contributed by atoms with Crippen molar-refractivity contribution in [3.8, 4) is 0 Å². The van der Waals surface area contributed by atoms with Gasteiger partial charge in [0.2, 0.25) is 11.8 Å². The van der Waals surface area contributed by atoms with Gasteiger partial charge >= 0.3 is 0 Å². The maximum absolute atomic E-state index is 11.9. The molecule has 2 rings (SSSR count). The van der Waals surface area contributed by atoms with E-state index in [4.69, 9.17) is 11.6 Å². The first kappa shape index (κ1) is 12.0. The highest BCUT2D eigenvalue weighted by molar-refractivity contribution is 6.30. The molecular weight excluding hydrogens is 240 g/mol. The SMILES string of the molecule is CC1C(=O)N(Cc2cc(Cl)ccn2)C(=O)C1C. The summed E-state index contributed by atoms with van der Waals surface area (Å²) in [5.74, 6) is -0.767. The highest BCUT2D eigenvalue weighted by Crippen LogP contribution is 2.26. The van der Waals surface area contributed by atoms with Crippen LogP contribution in [0.2, 0.25) is 5.02 Å². The van der Waals surface area contributed by atoms with Gasteiger partial charge in [-0.2, -0.15) is 0 Å². The topological polar surface area (TPSA) is 50.3 Å². The second kappa shape index (κ2) is 4.45. The molecule has 0 saturated carbocycles. The Labute approximate surface area is 105 Å². The van der Waals surface area contributed by atoms with Gasteiger partial charge in [-0.15, -0.1) is 0 Å². The van der Waals surface area contributed by atoms with E-state index in [-0.39, 0.29) is 30.2 Å². The molecule has 0 spiro atoms. The standard InChI is InChI=1S/C12H13ClN2O2/c1-7-8(2)12(17)15(11(7)16)6-10-5-9(13)3-4-14-10/h3-5,7-8H,6H2,1-2H3. The second-order valence-electron chi connectivity index (χ2n) is 4.31. The predicted octanol–water partition coefficient (Wildman–Crippen LogP) is 1.88. The Morgan fingerprint density at radius 2 is 1.88 bits per heavy atom. The number of halogens is 1. The lowest BCUT2D eigenvalue weighted by atomic mass is 10.00. The van der Waals surface area contributed by atoms with Crippen LogP contribution in [0.15, 0.2) is 18.3 Å². The fourth-order valence-electron chi connectivity index (χ4n) is 1.88. The first-order valence-electron chi connectivity index (χ1n) is 5.46. The molecule has 1 saturated heterocycles. The summed E-state index contributed by atoms with van der Waals surface area (Å²) in [6.45, 7) is 3.75. The summed E-state index contributed by atoms with van der Waals surface area (Å²) in [4.78, 5) is 29.1. The van der Waals surface area contributed by atoms with E-state index < -0.39 is 0 Å². The number of amides is 2. The van der Waals surface area contributed by atoms with E-state index >= 15 is 0 Å². The summed E-state index contributed by atoms with van der Waals surface area (Å²) in [5.41, 5.74) is 0.625. The van der Waals surface area contributed by atoms with Gasteiger partial charge in [0.15, 0.2) is 0 Å². The van der Waals surface area contributed by atoms with E-state index in [2.05, 4.69) is 4.98 Å². The van der Waals surface area contributed by atoms with Gasteiger partial charge in [0.25, 0.3) is 0 Å². The number of carbonyl (C=O) groups is 2. The first-order chi connectivity index (χ1) is 8.00. The zero-order chi connectivity index (χ0) is 12.6. The van der Waals surface area contributed by atoms with Crippen LogP contribution in [0.5, 0.6) is 0 Å². The molecule has 90 valence electrons. The largest absolute Gasteiger partial charge is 0.276 e. The van der Waals surface area contributed by atoms with Crippen LogP contribution in [0.25, 0.3) is 0 Å². The monoisotopic (exact) mass is 252 g/mol. The molecular formula is C12H13ClN2O2. The van der Waals surface area contributed by atoms with Crippen LogP contribution in [-0.2, 0) is 16.1 Å². The van der Waals surface area contributed by atoms with Crippen molar-refractivity contribution in [2.45, 2.75) is 20.4 Å². The fourth-order valence-corrected chi connectivity index (χ4v) is 2.06. The van der Waals surface area contributed by atoms with Crippen molar-refractivity contribution >= 4 is 23.4 Å². The molecule has 1 aromatic heterocycles. The molecule has 2 atom stereocenters. The number of likely N-dealkylation sites (tertiary alicyclic amines) is 1. The summed E-state index contributed by atoms with van der Waals surface area (Å²) >= 11 is 5.83. The Bertz CT molecular complexity index is 455. The highest BCUT2D eigenvalue weighted by atomic mass is 35.5. The number of pyridine rings is 1. The maximum atomic E-state index is 11.9. The van der Waals surface area contributed by atoms with Gasteiger partial charge in [0.05, 0.1) is 12.2 Å². The Hall–Kier alpha value is -1.42. The Morgan fingerprint density at radius 3 is 2.41 bits per heavy atom. The summed E-state index contributed by atoms with van der Waals surface area (Å²) in [7, 11) is 0. The van der Waals surface area contributed by atoms with Gasteiger partial charge in [0, 0.05) is 23.1 Å². The van der Waals surface area contributed by atoms with Crippen LogP contribution < -0.4 is 0 Å². The fraction of sp³-hybridized carbons (Fsp3) is 0.417. The van der Waals surface area contributed by atoms with E-state index in [9.17, 15) is 9.59 Å². The number of imide groups is 1. The van der Waals surface area contributed by atoms with Crippen LogP contribution in [0.4, 0.5) is 0 Å². The molecule has 17 heavy (non-hydrogen) atoms. The molecule has 0 radical (unpaired) electrons. The van der Waals surface area contributed by atoms with E-state index in [1.165, 1.54) is 4.90 Å². The quantitative estimate of drug-likeness (QED) is 0.755. The number of hydrogen-bond donors (Lipinski definition) is 0. The second-order valence-corrected chi connectivity index (χ2v) is 4.74. The zero-order valence-corrected chi connectivity index (χ0v) is 10.4. The van der Waals surface area contributed by atoms with Crippen LogP contribution in [0, 0.1) is 11.8 Å². The average molecular weight is 253 g/mol. The molecule has 0 aliphatic carbocycles. The maximum Gasteiger partial charge on any atom is 0.233 e. The Kier molecular flexibility index (Phi) is 3.15. The van der Waals surface area contributed by atoms with E-state index in [1.807, 2.05) is 0 Å². The lowest BCUT2D eigenvalue weighted by Gasteiger charge is -2.13. The van der Waals surface area contributed by atoms with E-state index in [1.54, 1.807) is 32.2 Å². The van der Waals surface area contributed by atoms with Crippen LogP contribution in [-0.4, -0.2) is 21.7 Å². The molecule has 5 heteroatoms. The number of nitrogens with zero attached hydrogens (tertiary/aromatic N) is 2. The lowest BCUT2D eigenvalue weighted by molar-refractivity contribution is -0.140. The van der Waals surface area contributed by atoms with Crippen molar-refractivity contribution < 1.29 is 9.59 Å². The minimum absolute atomic E-state index is 0.135. The van der Waals surface area contributed by atoms with Gasteiger partial charge in [-0.25, -0.2) is 0 Å². The summed E-state index contributed by atoms with van der Waals surface area (Å²) in [5, 5.41) is 0.551. The highest BCUT2D eigenvalue weighted by Gasteiger charge is 2.42. The Balaban J connectivity index is 2.20. The molecule has 4 nitrogen and oxygen atoms in total. The van der Waals surface area contributed by atoms with E-state index in [0.29, 0.717) is 10.7 Å². The first-order valence-corrected chi connectivity index (χ1v) is 5.84. The molecule has 1 aromatic rings. The van der Waals surface area contributed by atoms with E-state index in [0.717, 1.165) is 0 Å². The summed E-state index contributed by atoms with van der Waals surface area (Å²) in [6, 6.07) is 3.32. The van der Waals surface area contributed by atoms with Crippen molar-refractivity contribution in [1.29, 1.82) is 0 Å². The molecule has 1 fully saturated rings. The average Bonchev–Trinajstić information content (AvgIpc) is 2.47. The minimum atomic E-state index is -0.248. The van der Waals surface area contributed by atoms with Crippen LogP contribution in [0.3, 0.4) is 0 Å². The molecule has 0 N–H and O–H groups in total. The molecule has 1 aliphatic heterocycles. The molecule has 0 aromatic carbocycles. The van der Waals surface area contributed by atoms with Crippen molar-refractivity contribution in [3.05, 3.63) is 29.0 Å². The van der Waals surface area contributed by atoms with Gasteiger partial charge in [0.1, 0.15) is 0 Å².